The minimum absolute atomic E-state index is 0.0469. The Hall–Kier alpha value is -1.88. The zero-order valence-electron chi connectivity index (χ0n) is 15.2. The van der Waals surface area contributed by atoms with Crippen molar-refractivity contribution >= 4 is 11.0 Å². The third kappa shape index (κ3) is 3.06. The molecule has 2 atom stereocenters. The Kier molecular flexibility index (Phi) is 4.50. The lowest BCUT2D eigenvalue weighted by Crippen LogP contribution is -2.49. The van der Waals surface area contributed by atoms with Crippen LogP contribution in [0.2, 0.25) is 0 Å². The van der Waals surface area contributed by atoms with Gasteiger partial charge in [-0.15, -0.1) is 0 Å². The van der Waals surface area contributed by atoms with Gasteiger partial charge >= 0.3 is 0 Å². The van der Waals surface area contributed by atoms with Gasteiger partial charge in [-0.2, -0.15) is 0 Å². The Balaban J connectivity index is 1.72. The molecule has 2 fully saturated rings. The number of aryl methyl sites for hydroxylation is 1. The maximum absolute atomic E-state index is 12.8. The van der Waals surface area contributed by atoms with Crippen molar-refractivity contribution in [3.63, 3.8) is 0 Å². The highest BCUT2D eigenvalue weighted by atomic mass is 16.5. The summed E-state index contributed by atoms with van der Waals surface area (Å²) in [6.45, 7) is 5.06. The van der Waals surface area contributed by atoms with E-state index < -0.39 is 0 Å². The molecular weight excluding hydrogens is 314 g/mol. The van der Waals surface area contributed by atoms with Crippen molar-refractivity contribution < 1.29 is 4.74 Å². The third-order valence-electron chi connectivity index (χ3n) is 5.96. The van der Waals surface area contributed by atoms with Crippen LogP contribution in [-0.2, 0) is 6.54 Å². The minimum Gasteiger partial charge on any atom is -0.497 e. The van der Waals surface area contributed by atoms with Crippen LogP contribution in [0, 0.1) is 12.8 Å². The van der Waals surface area contributed by atoms with Crippen molar-refractivity contribution in [2.45, 2.75) is 51.6 Å². The molecule has 5 heteroatoms. The van der Waals surface area contributed by atoms with E-state index in [4.69, 9.17) is 4.74 Å². The standard InChI is InChI=1S/C20H27N3O2/c1-14-20(24)23(19-9-8-16(25-2)12-17(19)21-14)13-15-6-5-11-22-10-4-3-7-18(15)22/h8-9,12,15,18H,3-7,10-11,13H2,1-2H3/t15-,18-/m1/s1. The highest BCUT2D eigenvalue weighted by Gasteiger charge is 2.33. The van der Waals surface area contributed by atoms with E-state index in [-0.39, 0.29) is 5.56 Å². The number of ether oxygens (including phenoxy) is 1. The van der Waals surface area contributed by atoms with Crippen LogP contribution in [-0.4, -0.2) is 40.7 Å². The summed E-state index contributed by atoms with van der Waals surface area (Å²) >= 11 is 0. The number of benzene rings is 1. The predicted molar refractivity (Wildman–Crippen MR) is 99.2 cm³/mol. The van der Waals surface area contributed by atoms with Gasteiger partial charge in [-0.05, 0) is 63.7 Å². The summed E-state index contributed by atoms with van der Waals surface area (Å²) in [6.07, 6.45) is 6.37. The van der Waals surface area contributed by atoms with Crippen LogP contribution in [0.3, 0.4) is 0 Å². The lowest BCUT2D eigenvalue weighted by molar-refractivity contribution is 0.0520. The number of piperidine rings is 2. The second kappa shape index (κ2) is 6.79. The lowest BCUT2D eigenvalue weighted by atomic mass is 9.83. The van der Waals surface area contributed by atoms with Crippen LogP contribution < -0.4 is 10.3 Å². The molecule has 2 aliphatic rings. The molecule has 134 valence electrons. The zero-order valence-corrected chi connectivity index (χ0v) is 15.2. The number of hydrogen-bond acceptors (Lipinski definition) is 4. The van der Waals surface area contributed by atoms with Crippen molar-refractivity contribution in [3.05, 3.63) is 34.2 Å². The summed E-state index contributed by atoms with van der Waals surface area (Å²) in [5.74, 6) is 1.33. The molecule has 0 N–H and O–H groups in total. The second-order valence-electron chi connectivity index (χ2n) is 7.47. The quantitative estimate of drug-likeness (QED) is 0.861. The van der Waals surface area contributed by atoms with E-state index in [1.54, 1.807) is 7.11 Å². The number of fused-ring (bicyclic) bond motifs is 2. The smallest absolute Gasteiger partial charge is 0.272 e. The molecule has 5 nitrogen and oxygen atoms in total. The van der Waals surface area contributed by atoms with E-state index in [2.05, 4.69) is 9.88 Å². The van der Waals surface area contributed by atoms with Gasteiger partial charge in [0.05, 0.1) is 18.1 Å². The summed E-state index contributed by atoms with van der Waals surface area (Å²) in [5, 5.41) is 0. The van der Waals surface area contributed by atoms with Gasteiger partial charge in [-0.1, -0.05) is 6.42 Å². The Morgan fingerprint density at radius 2 is 2.04 bits per heavy atom. The Bertz CT molecular complexity index is 828. The van der Waals surface area contributed by atoms with Crippen molar-refractivity contribution in [2.75, 3.05) is 20.2 Å². The molecule has 25 heavy (non-hydrogen) atoms. The summed E-state index contributed by atoms with van der Waals surface area (Å²) in [6, 6.07) is 6.45. The first-order valence-electron chi connectivity index (χ1n) is 9.46. The fraction of sp³-hybridized carbons (Fsp3) is 0.600. The van der Waals surface area contributed by atoms with Gasteiger partial charge in [-0.3, -0.25) is 4.79 Å². The Morgan fingerprint density at radius 3 is 2.88 bits per heavy atom. The van der Waals surface area contributed by atoms with Crippen LogP contribution >= 0.6 is 0 Å². The first-order chi connectivity index (χ1) is 12.2. The maximum Gasteiger partial charge on any atom is 0.272 e. The topological polar surface area (TPSA) is 47.4 Å². The minimum atomic E-state index is 0.0469. The molecule has 0 saturated carbocycles. The van der Waals surface area contributed by atoms with Gasteiger partial charge in [-0.25, -0.2) is 4.98 Å². The largest absolute Gasteiger partial charge is 0.497 e. The maximum atomic E-state index is 12.8. The average molecular weight is 341 g/mol. The van der Waals surface area contributed by atoms with Gasteiger partial charge in [0.1, 0.15) is 11.4 Å². The van der Waals surface area contributed by atoms with E-state index in [1.165, 1.54) is 45.2 Å². The average Bonchev–Trinajstić information content (AvgIpc) is 2.65. The van der Waals surface area contributed by atoms with E-state index >= 15 is 0 Å². The van der Waals surface area contributed by atoms with Crippen LogP contribution in [0.25, 0.3) is 11.0 Å². The van der Waals surface area contributed by atoms with Gasteiger partial charge < -0.3 is 14.2 Å². The van der Waals surface area contributed by atoms with E-state index in [0.717, 1.165) is 23.3 Å². The summed E-state index contributed by atoms with van der Waals surface area (Å²) < 4.78 is 7.28. The van der Waals surface area contributed by atoms with Crippen LogP contribution in [0.1, 0.15) is 37.8 Å². The van der Waals surface area contributed by atoms with Crippen molar-refractivity contribution in [1.82, 2.24) is 14.5 Å². The third-order valence-corrected chi connectivity index (χ3v) is 5.96. The molecule has 0 unspecified atom stereocenters. The number of nitrogens with zero attached hydrogens (tertiary/aromatic N) is 3. The predicted octanol–water partition coefficient (Wildman–Crippen LogP) is 2.98. The van der Waals surface area contributed by atoms with E-state index in [1.807, 2.05) is 29.7 Å². The van der Waals surface area contributed by atoms with Crippen LogP contribution in [0.5, 0.6) is 5.75 Å². The summed E-state index contributed by atoms with van der Waals surface area (Å²) in [7, 11) is 1.66. The normalized spacial score (nSPS) is 24.2. The van der Waals surface area contributed by atoms with Crippen molar-refractivity contribution in [1.29, 1.82) is 0 Å². The molecule has 4 rings (SSSR count). The number of methoxy groups -OCH3 is 1. The molecule has 0 amide bonds. The van der Waals surface area contributed by atoms with Gasteiger partial charge in [0.15, 0.2) is 0 Å². The van der Waals surface area contributed by atoms with E-state index in [0.29, 0.717) is 17.7 Å². The molecule has 2 saturated heterocycles. The Labute approximate surface area is 148 Å². The first kappa shape index (κ1) is 16.6. The highest BCUT2D eigenvalue weighted by Crippen LogP contribution is 2.32. The fourth-order valence-electron chi connectivity index (χ4n) is 4.69. The summed E-state index contributed by atoms with van der Waals surface area (Å²) in [5.41, 5.74) is 2.37. The highest BCUT2D eigenvalue weighted by molar-refractivity contribution is 5.76. The van der Waals surface area contributed by atoms with Crippen molar-refractivity contribution in [2.24, 2.45) is 5.92 Å². The fourth-order valence-corrected chi connectivity index (χ4v) is 4.69. The SMILES string of the molecule is COc1ccc2c(c1)nc(C)c(=O)n2C[C@H]1CCCN2CCCC[C@H]12. The number of rotatable bonds is 3. The molecule has 0 aliphatic carbocycles. The molecule has 1 aromatic carbocycles. The molecule has 0 bridgehead atoms. The van der Waals surface area contributed by atoms with Gasteiger partial charge in [0.25, 0.3) is 5.56 Å². The van der Waals surface area contributed by atoms with E-state index in [9.17, 15) is 4.79 Å². The first-order valence-corrected chi connectivity index (χ1v) is 9.46. The monoisotopic (exact) mass is 341 g/mol. The van der Waals surface area contributed by atoms with Gasteiger partial charge in [0.2, 0.25) is 0 Å². The lowest BCUT2D eigenvalue weighted by Gasteiger charge is -2.44. The Morgan fingerprint density at radius 1 is 1.20 bits per heavy atom. The van der Waals surface area contributed by atoms with Crippen molar-refractivity contribution in [3.8, 4) is 5.75 Å². The summed E-state index contributed by atoms with van der Waals surface area (Å²) in [4.78, 5) is 20.0. The molecule has 2 aromatic rings. The molecule has 1 aromatic heterocycles. The van der Waals surface area contributed by atoms with Crippen LogP contribution in [0.15, 0.2) is 23.0 Å². The molecule has 0 radical (unpaired) electrons. The van der Waals surface area contributed by atoms with Gasteiger partial charge in [0, 0.05) is 18.7 Å². The number of hydrogen-bond donors (Lipinski definition) is 0. The zero-order chi connectivity index (χ0) is 17.4. The second-order valence-corrected chi connectivity index (χ2v) is 7.47. The number of aromatic nitrogens is 2. The molecule has 0 spiro atoms. The molecule has 3 heterocycles. The molecule has 2 aliphatic heterocycles. The molecular formula is C20H27N3O2. The van der Waals surface area contributed by atoms with Crippen LogP contribution in [0.4, 0.5) is 0 Å².